The van der Waals surface area contributed by atoms with Crippen LogP contribution in [0.15, 0.2) is 9.42 Å². The molecule has 158 valence electrons. The second-order valence-electron chi connectivity index (χ2n) is 8.15. The number of hydrogen-bond acceptors (Lipinski definition) is 7. The number of ether oxygens (including phenoxy) is 1. The molecule has 1 aliphatic rings. The number of nitrogens with zero attached hydrogens (tertiary/aromatic N) is 2. The first-order valence-corrected chi connectivity index (χ1v) is 10.7. The lowest BCUT2D eigenvalue weighted by atomic mass is 9.98. The zero-order chi connectivity index (χ0) is 21.3. The SMILES string of the molecule is Cc1noc(C)c1S(=O)(=O)N1CCC(C(=O)OC(C)C(=O)NC(C)(C)C)CC1. The van der Waals surface area contributed by atoms with Crippen molar-refractivity contribution in [1.29, 1.82) is 0 Å². The number of carbonyl (C=O) groups is 2. The Balaban J connectivity index is 1.94. The fraction of sp³-hybridized carbons (Fsp3) is 0.722. The average molecular weight is 416 g/mol. The maximum absolute atomic E-state index is 12.8. The summed E-state index contributed by atoms with van der Waals surface area (Å²) < 4.78 is 37.2. The summed E-state index contributed by atoms with van der Waals surface area (Å²) in [5.41, 5.74) is -0.104. The van der Waals surface area contributed by atoms with Crippen LogP contribution >= 0.6 is 0 Å². The van der Waals surface area contributed by atoms with Crippen molar-refractivity contribution in [2.75, 3.05) is 13.1 Å². The molecule has 0 bridgehead atoms. The van der Waals surface area contributed by atoms with Crippen molar-refractivity contribution in [2.24, 2.45) is 5.92 Å². The molecule has 1 N–H and O–H groups in total. The lowest BCUT2D eigenvalue weighted by molar-refractivity contribution is -0.160. The van der Waals surface area contributed by atoms with Gasteiger partial charge < -0.3 is 14.6 Å². The van der Waals surface area contributed by atoms with Gasteiger partial charge in [0.25, 0.3) is 5.91 Å². The van der Waals surface area contributed by atoms with Crippen molar-refractivity contribution in [3.8, 4) is 0 Å². The Bertz CT molecular complexity index is 812. The fourth-order valence-corrected chi connectivity index (χ4v) is 4.86. The molecule has 1 aliphatic heterocycles. The lowest BCUT2D eigenvalue weighted by Gasteiger charge is -2.30. The largest absolute Gasteiger partial charge is 0.452 e. The summed E-state index contributed by atoms with van der Waals surface area (Å²) in [5, 5.41) is 6.46. The summed E-state index contributed by atoms with van der Waals surface area (Å²) in [6, 6.07) is 0. The molecular weight excluding hydrogens is 386 g/mol. The molecule has 1 atom stereocenters. The number of esters is 1. The molecule has 0 saturated carbocycles. The zero-order valence-corrected chi connectivity index (χ0v) is 18.1. The highest BCUT2D eigenvalue weighted by molar-refractivity contribution is 7.89. The molecular formula is C18H29N3O6S. The van der Waals surface area contributed by atoms with Crippen LogP contribution in [0.2, 0.25) is 0 Å². The first-order valence-electron chi connectivity index (χ1n) is 9.28. The van der Waals surface area contributed by atoms with Crippen molar-refractivity contribution < 1.29 is 27.3 Å². The highest BCUT2D eigenvalue weighted by atomic mass is 32.2. The molecule has 28 heavy (non-hydrogen) atoms. The molecule has 1 amide bonds. The molecule has 0 radical (unpaired) electrons. The predicted octanol–water partition coefficient (Wildman–Crippen LogP) is 1.54. The van der Waals surface area contributed by atoms with Crippen LogP contribution in [0.4, 0.5) is 0 Å². The predicted molar refractivity (Wildman–Crippen MR) is 101 cm³/mol. The molecule has 10 heteroatoms. The van der Waals surface area contributed by atoms with Crippen molar-refractivity contribution in [3.63, 3.8) is 0 Å². The summed E-state index contributed by atoms with van der Waals surface area (Å²) in [5.74, 6) is -1.04. The number of amides is 1. The molecule has 1 aromatic heterocycles. The molecule has 1 aromatic rings. The van der Waals surface area contributed by atoms with Crippen molar-refractivity contribution in [1.82, 2.24) is 14.8 Å². The van der Waals surface area contributed by atoms with Crippen LogP contribution in [0.1, 0.15) is 52.0 Å². The summed E-state index contributed by atoms with van der Waals surface area (Å²) in [6.45, 7) is 10.6. The van der Waals surface area contributed by atoms with Gasteiger partial charge in [0, 0.05) is 18.6 Å². The molecule has 0 aromatic carbocycles. The minimum absolute atomic E-state index is 0.0843. The zero-order valence-electron chi connectivity index (χ0n) is 17.2. The van der Waals surface area contributed by atoms with Crippen molar-refractivity contribution in [3.05, 3.63) is 11.5 Å². The van der Waals surface area contributed by atoms with Crippen LogP contribution in [0.3, 0.4) is 0 Å². The molecule has 0 aliphatic carbocycles. The molecule has 2 heterocycles. The number of aromatic nitrogens is 1. The van der Waals surface area contributed by atoms with E-state index in [0.717, 1.165) is 0 Å². The standard InChI is InChI=1S/C18H29N3O6S/c1-11-15(12(2)27-20-11)28(24,25)21-9-7-14(8-10-21)17(23)26-13(3)16(22)19-18(4,5)6/h13-14H,7-10H2,1-6H3,(H,19,22). The van der Waals surface area contributed by atoms with Crippen LogP contribution in [0, 0.1) is 19.8 Å². The van der Waals surface area contributed by atoms with Crippen LogP contribution in [0.5, 0.6) is 0 Å². The topological polar surface area (TPSA) is 119 Å². The number of sulfonamides is 1. The minimum atomic E-state index is -3.73. The third-order valence-electron chi connectivity index (χ3n) is 4.51. The van der Waals surface area contributed by atoms with E-state index in [4.69, 9.17) is 9.26 Å². The van der Waals surface area contributed by atoms with E-state index in [0.29, 0.717) is 18.5 Å². The molecule has 2 rings (SSSR count). The van der Waals surface area contributed by atoms with Crippen molar-refractivity contribution >= 4 is 21.9 Å². The van der Waals surface area contributed by atoms with Crippen molar-refractivity contribution in [2.45, 2.75) is 70.9 Å². The number of carbonyl (C=O) groups excluding carboxylic acids is 2. The monoisotopic (exact) mass is 415 g/mol. The van der Waals surface area contributed by atoms with E-state index in [9.17, 15) is 18.0 Å². The fourth-order valence-electron chi connectivity index (χ4n) is 3.10. The van der Waals surface area contributed by atoms with E-state index in [-0.39, 0.29) is 29.7 Å². The number of rotatable bonds is 5. The Labute approximate surface area is 165 Å². The van der Waals surface area contributed by atoms with Gasteiger partial charge >= 0.3 is 5.97 Å². The van der Waals surface area contributed by atoms with Gasteiger partial charge in [0.15, 0.2) is 11.9 Å². The van der Waals surface area contributed by atoms with Crippen LogP contribution in [-0.2, 0) is 24.3 Å². The first kappa shape index (κ1) is 22.4. The maximum Gasteiger partial charge on any atom is 0.309 e. The van der Waals surface area contributed by atoms with Gasteiger partial charge in [-0.15, -0.1) is 0 Å². The Morgan fingerprint density at radius 2 is 1.82 bits per heavy atom. The molecule has 1 unspecified atom stereocenters. The molecule has 0 spiro atoms. The number of piperidine rings is 1. The Morgan fingerprint density at radius 1 is 1.25 bits per heavy atom. The van der Waals surface area contributed by atoms with Gasteiger partial charge in [-0.3, -0.25) is 9.59 Å². The van der Waals surface area contributed by atoms with Gasteiger partial charge in [0.1, 0.15) is 10.6 Å². The highest BCUT2D eigenvalue weighted by Crippen LogP contribution is 2.28. The lowest BCUT2D eigenvalue weighted by Crippen LogP contribution is -2.47. The number of aryl methyl sites for hydroxylation is 2. The molecule has 1 saturated heterocycles. The highest BCUT2D eigenvalue weighted by Gasteiger charge is 2.36. The van der Waals surface area contributed by atoms with Crippen LogP contribution < -0.4 is 5.32 Å². The van der Waals surface area contributed by atoms with E-state index < -0.39 is 33.6 Å². The minimum Gasteiger partial charge on any atom is -0.452 e. The van der Waals surface area contributed by atoms with Gasteiger partial charge in [-0.05, 0) is 54.4 Å². The van der Waals surface area contributed by atoms with Gasteiger partial charge in [0.05, 0.1) is 5.92 Å². The van der Waals surface area contributed by atoms with E-state index in [2.05, 4.69) is 10.5 Å². The van der Waals surface area contributed by atoms with Gasteiger partial charge in [0.2, 0.25) is 10.0 Å². The quantitative estimate of drug-likeness (QED) is 0.725. The van der Waals surface area contributed by atoms with E-state index >= 15 is 0 Å². The summed E-state index contributed by atoms with van der Waals surface area (Å²) in [7, 11) is -3.73. The number of hydrogen-bond donors (Lipinski definition) is 1. The van der Waals surface area contributed by atoms with Gasteiger partial charge in [-0.2, -0.15) is 4.31 Å². The van der Waals surface area contributed by atoms with Crippen LogP contribution in [0.25, 0.3) is 0 Å². The maximum atomic E-state index is 12.8. The Hall–Kier alpha value is -1.94. The van der Waals surface area contributed by atoms with Crippen LogP contribution in [-0.4, -0.2) is 54.5 Å². The normalized spacial score (nSPS) is 17.9. The first-order chi connectivity index (χ1) is 12.8. The third kappa shape index (κ3) is 5.11. The average Bonchev–Trinajstić information content (AvgIpc) is 2.92. The number of nitrogens with one attached hydrogen (secondary N) is 1. The molecule has 9 nitrogen and oxygen atoms in total. The van der Waals surface area contributed by atoms with E-state index in [1.54, 1.807) is 13.8 Å². The van der Waals surface area contributed by atoms with E-state index in [1.807, 2.05) is 20.8 Å². The van der Waals surface area contributed by atoms with Gasteiger partial charge in [-0.1, -0.05) is 5.16 Å². The summed E-state index contributed by atoms with van der Waals surface area (Å²) in [4.78, 5) is 24.5. The Kier molecular flexibility index (Phi) is 6.55. The Morgan fingerprint density at radius 3 is 2.29 bits per heavy atom. The molecule has 1 fully saturated rings. The van der Waals surface area contributed by atoms with E-state index in [1.165, 1.54) is 11.2 Å². The second kappa shape index (κ2) is 8.20. The van der Waals surface area contributed by atoms with Gasteiger partial charge in [-0.25, -0.2) is 8.42 Å². The second-order valence-corrected chi connectivity index (χ2v) is 10.0. The third-order valence-corrected chi connectivity index (χ3v) is 6.66. The summed E-state index contributed by atoms with van der Waals surface area (Å²) in [6.07, 6.45) is -0.250. The smallest absolute Gasteiger partial charge is 0.309 e. The summed E-state index contributed by atoms with van der Waals surface area (Å²) >= 11 is 0.